The molecule has 0 aliphatic carbocycles. The van der Waals surface area contributed by atoms with Gasteiger partial charge in [0.25, 0.3) is 0 Å². The predicted octanol–water partition coefficient (Wildman–Crippen LogP) is 3.34. The van der Waals surface area contributed by atoms with Crippen LogP contribution in [-0.2, 0) is 4.74 Å². The molecule has 0 saturated carbocycles. The summed E-state index contributed by atoms with van der Waals surface area (Å²) in [6, 6.07) is 7.95. The van der Waals surface area contributed by atoms with Crippen molar-refractivity contribution in [1.29, 1.82) is 5.26 Å². The second-order valence-electron chi connectivity index (χ2n) is 8.85. The van der Waals surface area contributed by atoms with Crippen LogP contribution in [-0.4, -0.2) is 62.7 Å². The standard InChI is InChI=1S/C23H25N7O2/c1-14(2)12-32-23(31)30-17-3-4-18(30)11-29(10-17)22-19-8-20(28-21(19)26-13-27-22)15-5-6-25-16(7-15)9-24/h5-8,13-14,17-18H,3-4,10-12H2,1-2H3,(H,26,27,28). The number of anilines is 1. The number of rotatable bonds is 4. The molecule has 1 amide bonds. The molecule has 2 aliphatic heterocycles. The Balaban J connectivity index is 1.41. The lowest BCUT2D eigenvalue weighted by molar-refractivity contribution is 0.0704. The largest absolute Gasteiger partial charge is 0.449 e. The fraction of sp³-hybridized carbons (Fsp3) is 0.435. The number of carbonyl (C=O) groups excluding carboxylic acids is 1. The third-order valence-corrected chi connectivity index (χ3v) is 6.12. The Bertz CT molecular complexity index is 1180. The Morgan fingerprint density at radius 3 is 2.75 bits per heavy atom. The van der Waals surface area contributed by atoms with Crippen molar-refractivity contribution in [2.24, 2.45) is 5.92 Å². The molecule has 9 heteroatoms. The van der Waals surface area contributed by atoms with E-state index in [0.29, 0.717) is 31.3 Å². The molecule has 2 saturated heterocycles. The van der Waals surface area contributed by atoms with Crippen molar-refractivity contribution >= 4 is 22.9 Å². The highest BCUT2D eigenvalue weighted by atomic mass is 16.6. The van der Waals surface area contributed by atoms with Crippen molar-refractivity contribution in [2.75, 3.05) is 24.6 Å². The first-order valence-electron chi connectivity index (χ1n) is 10.9. The lowest BCUT2D eigenvalue weighted by Crippen LogP contribution is -2.56. The van der Waals surface area contributed by atoms with Crippen molar-refractivity contribution < 1.29 is 9.53 Å². The van der Waals surface area contributed by atoms with E-state index < -0.39 is 0 Å². The van der Waals surface area contributed by atoms with E-state index in [2.05, 4.69) is 30.9 Å². The second-order valence-corrected chi connectivity index (χ2v) is 8.85. The van der Waals surface area contributed by atoms with E-state index in [1.807, 2.05) is 30.9 Å². The number of H-pyrrole nitrogens is 1. The number of hydrogen-bond acceptors (Lipinski definition) is 7. The maximum absolute atomic E-state index is 12.7. The Morgan fingerprint density at radius 2 is 2.03 bits per heavy atom. The van der Waals surface area contributed by atoms with Gasteiger partial charge in [0.15, 0.2) is 0 Å². The van der Waals surface area contributed by atoms with E-state index in [4.69, 9.17) is 10.00 Å². The predicted molar refractivity (Wildman–Crippen MR) is 119 cm³/mol. The summed E-state index contributed by atoms with van der Waals surface area (Å²) in [5.41, 5.74) is 2.84. The highest BCUT2D eigenvalue weighted by Crippen LogP contribution is 2.35. The topological polar surface area (TPSA) is 111 Å². The minimum Gasteiger partial charge on any atom is -0.449 e. The summed E-state index contributed by atoms with van der Waals surface area (Å²) in [5.74, 6) is 1.18. The lowest BCUT2D eigenvalue weighted by atomic mass is 10.1. The molecule has 5 rings (SSSR count). The molecule has 3 aromatic heterocycles. The van der Waals surface area contributed by atoms with Gasteiger partial charge in [-0.25, -0.2) is 19.7 Å². The summed E-state index contributed by atoms with van der Waals surface area (Å²) in [7, 11) is 0. The Labute approximate surface area is 186 Å². The second kappa shape index (κ2) is 8.11. The third kappa shape index (κ3) is 3.62. The van der Waals surface area contributed by atoms with Gasteiger partial charge in [-0.1, -0.05) is 13.8 Å². The molecular weight excluding hydrogens is 406 g/mol. The smallest absolute Gasteiger partial charge is 0.410 e. The quantitative estimate of drug-likeness (QED) is 0.674. The fourth-order valence-corrected chi connectivity index (χ4v) is 4.68. The Kier molecular flexibility index (Phi) is 5.13. The van der Waals surface area contributed by atoms with Gasteiger partial charge in [0.1, 0.15) is 29.6 Å². The van der Waals surface area contributed by atoms with Crippen molar-refractivity contribution in [3.63, 3.8) is 0 Å². The van der Waals surface area contributed by atoms with Crippen LogP contribution in [0.25, 0.3) is 22.3 Å². The average Bonchev–Trinajstić information content (AvgIpc) is 3.35. The highest BCUT2D eigenvalue weighted by Gasteiger charge is 2.44. The molecule has 3 aromatic rings. The minimum atomic E-state index is -0.200. The van der Waals surface area contributed by atoms with Gasteiger partial charge >= 0.3 is 6.09 Å². The summed E-state index contributed by atoms with van der Waals surface area (Å²) < 4.78 is 5.52. The normalized spacial score (nSPS) is 20.1. The number of aromatic amines is 1. The number of hydrogen-bond donors (Lipinski definition) is 1. The zero-order valence-electron chi connectivity index (χ0n) is 18.2. The summed E-state index contributed by atoms with van der Waals surface area (Å²) in [6.07, 6.45) is 4.93. The van der Waals surface area contributed by atoms with Gasteiger partial charge < -0.3 is 14.6 Å². The molecule has 0 radical (unpaired) electrons. The van der Waals surface area contributed by atoms with E-state index in [1.165, 1.54) is 0 Å². The number of nitrogens with zero attached hydrogens (tertiary/aromatic N) is 6. The molecular formula is C23H25N7O2. The molecule has 1 N–H and O–H groups in total. The molecule has 2 aliphatic rings. The number of nitrogens with one attached hydrogen (secondary N) is 1. The van der Waals surface area contributed by atoms with E-state index in [0.717, 1.165) is 41.0 Å². The SMILES string of the molecule is CC(C)COC(=O)N1C2CCC1CN(c1ncnc3[nH]c(-c4ccnc(C#N)c4)cc13)C2. The van der Waals surface area contributed by atoms with E-state index >= 15 is 0 Å². The lowest BCUT2D eigenvalue weighted by Gasteiger charge is -2.41. The molecule has 9 nitrogen and oxygen atoms in total. The number of nitriles is 1. The summed E-state index contributed by atoms with van der Waals surface area (Å²) in [5, 5.41) is 10.1. The number of fused-ring (bicyclic) bond motifs is 3. The first-order valence-corrected chi connectivity index (χ1v) is 10.9. The summed E-state index contributed by atoms with van der Waals surface area (Å²) in [4.78, 5) is 33.2. The molecule has 32 heavy (non-hydrogen) atoms. The first kappa shape index (κ1) is 20.2. The zero-order chi connectivity index (χ0) is 22.2. The van der Waals surface area contributed by atoms with E-state index in [-0.39, 0.29) is 18.2 Å². The van der Waals surface area contributed by atoms with Crippen LogP contribution < -0.4 is 4.90 Å². The summed E-state index contributed by atoms with van der Waals surface area (Å²) >= 11 is 0. The van der Waals surface area contributed by atoms with E-state index in [9.17, 15) is 4.79 Å². The van der Waals surface area contributed by atoms with Crippen LogP contribution in [0.3, 0.4) is 0 Å². The van der Waals surface area contributed by atoms with Crippen LogP contribution in [0.15, 0.2) is 30.7 Å². The molecule has 2 unspecified atom stereocenters. The van der Waals surface area contributed by atoms with Crippen LogP contribution in [0.1, 0.15) is 32.4 Å². The molecule has 2 atom stereocenters. The van der Waals surface area contributed by atoms with Crippen molar-refractivity contribution in [3.8, 4) is 17.3 Å². The van der Waals surface area contributed by atoms with E-state index in [1.54, 1.807) is 18.6 Å². The Hall–Kier alpha value is -3.67. The van der Waals surface area contributed by atoms with Crippen LogP contribution in [0.2, 0.25) is 0 Å². The number of aromatic nitrogens is 4. The number of pyridine rings is 1. The van der Waals surface area contributed by atoms with Crippen LogP contribution in [0.5, 0.6) is 0 Å². The molecule has 2 fully saturated rings. The number of piperazine rings is 1. The van der Waals surface area contributed by atoms with Gasteiger partial charge in [-0.3, -0.25) is 4.90 Å². The highest BCUT2D eigenvalue weighted by molar-refractivity contribution is 5.92. The summed E-state index contributed by atoms with van der Waals surface area (Å²) in [6.45, 7) is 5.96. The molecule has 0 spiro atoms. The van der Waals surface area contributed by atoms with Crippen LogP contribution in [0, 0.1) is 17.2 Å². The Morgan fingerprint density at radius 1 is 1.25 bits per heavy atom. The van der Waals surface area contributed by atoms with Gasteiger partial charge in [0.2, 0.25) is 0 Å². The molecule has 164 valence electrons. The molecule has 5 heterocycles. The van der Waals surface area contributed by atoms with Crippen molar-refractivity contribution in [2.45, 2.75) is 38.8 Å². The number of amides is 1. The number of carbonyl (C=O) groups is 1. The fourth-order valence-electron chi connectivity index (χ4n) is 4.68. The van der Waals surface area contributed by atoms with Gasteiger partial charge in [-0.15, -0.1) is 0 Å². The van der Waals surface area contributed by atoms with Gasteiger partial charge in [-0.2, -0.15) is 5.26 Å². The first-order chi connectivity index (χ1) is 15.5. The molecule has 2 bridgehead atoms. The third-order valence-electron chi connectivity index (χ3n) is 6.12. The maximum Gasteiger partial charge on any atom is 0.410 e. The van der Waals surface area contributed by atoms with Crippen LogP contribution >= 0.6 is 0 Å². The average molecular weight is 432 g/mol. The van der Waals surface area contributed by atoms with Crippen LogP contribution in [0.4, 0.5) is 10.6 Å². The number of ether oxygens (including phenoxy) is 1. The zero-order valence-corrected chi connectivity index (χ0v) is 18.2. The van der Waals surface area contributed by atoms with Gasteiger partial charge in [0.05, 0.1) is 24.1 Å². The minimum absolute atomic E-state index is 0.121. The van der Waals surface area contributed by atoms with Crippen molar-refractivity contribution in [3.05, 3.63) is 36.4 Å². The molecule has 0 aromatic carbocycles. The maximum atomic E-state index is 12.7. The monoisotopic (exact) mass is 431 g/mol. The van der Waals surface area contributed by atoms with Gasteiger partial charge in [-0.05, 0) is 37.0 Å². The van der Waals surface area contributed by atoms with Gasteiger partial charge in [0, 0.05) is 30.5 Å². The van der Waals surface area contributed by atoms with Crippen molar-refractivity contribution in [1.82, 2.24) is 24.8 Å².